The average Bonchev–Trinajstić information content (AvgIpc) is 3.07. The first kappa shape index (κ1) is 33.0. The van der Waals surface area contributed by atoms with Crippen molar-refractivity contribution in [3.63, 3.8) is 0 Å². The van der Waals surface area contributed by atoms with Gasteiger partial charge in [0.05, 0.1) is 0 Å². The summed E-state index contributed by atoms with van der Waals surface area (Å²) >= 11 is 1.25. The lowest BCUT2D eigenvalue weighted by Gasteiger charge is -2.23. The molecule has 1 aliphatic heterocycles. The van der Waals surface area contributed by atoms with E-state index in [4.69, 9.17) is 11.2 Å². The zero-order valence-corrected chi connectivity index (χ0v) is 23.4. The maximum Gasteiger partial charge on any atom is 0.386 e. The standard InChI is InChI=1S/C21H30N2O3S2.C2H3F3.C2H6/c1-6-9-16(2)20(26-19-10-7-8-13-23(5)15-19)14-17(3)22-28(24,25)21-12-11-18(4)27-21;1-2(3,4)5;1-2/h1,11-12,14,19,22H,7-10,13,15H2,2-5H3;1H3;1-2H3/b17-14+,20-16+;;. The van der Waals surface area contributed by atoms with E-state index in [0.717, 1.165) is 42.8 Å². The molecule has 0 aliphatic carbocycles. The van der Waals surface area contributed by atoms with Gasteiger partial charge in [0.15, 0.2) is 0 Å². The first-order valence-electron chi connectivity index (χ1n) is 11.5. The number of aryl methyl sites for hydroxylation is 1. The van der Waals surface area contributed by atoms with Crippen molar-refractivity contribution >= 4 is 21.4 Å². The molecule has 1 fully saturated rings. The number of sulfonamides is 1. The van der Waals surface area contributed by atoms with Gasteiger partial charge < -0.3 is 9.64 Å². The van der Waals surface area contributed by atoms with Crippen LogP contribution in [0.15, 0.2) is 39.4 Å². The van der Waals surface area contributed by atoms with Gasteiger partial charge in [-0.1, -0.05) is 13.8 Å². The van der Waals surface area contributed by atoms with Crippen molar-refractivity contribution in [3.05, 3.63) is 40.1 Å². The minimum Gasteiger partial charge on any atom is -0.489 e. The molecule has 0 saturated carbocycles. The van der Waals surface area contributed by atoms with E-state index in [9.17, 15) is 21.6 Å². The number of thiophene rings is 1. The van der Waals surface area contributed by atoms with Crippen LogP contribution in [-0.4, -0.2) is 45.7 Å². The summed E-state index contributed by atoms with van der Waals surface area (Å²) in [4.78, 5) is 3.22. The second-order valence-electron chi connectivity index (χ2n) is 8.10. The third kappa shape index (κ3) is 14.9. The Labute approximate surface area is 213 Å². The van der Waals surface area contributed by atoms with Crippen LogP contribution in [0, 0.1) is 19.3 Å². The summed E-state index contributed by atoms with van der Waals surface area (Å²) in [5.41, 5.74) is 1.42. The van der Waals surface area contributed by atoms with Crippen LogP contribution >= 0.6 is 11.3 Å². The third-order valence-corrected chi connectivity index (χ3v) is 7.50. The van der Waals surface area contributed by atoms with E-state index in [1.807, 2.05) is 27.7 Å². The number of terminal acetylenes is 1. The maximum atomic E-state index is 12.6. The van der Waals surface area contributed by atoms with Crippen LogP contribution in [0.3, 0.4) is 0 Å². The molecule has 0 radical (unpaired) electrons. The summed E-state index contributed by atoms with van der Waals surface area (Å²) in [7, 11) is -1.50. The molecule has 1 atom stereocenters. The molecule has 0 bridgehead atoms. The van der Waals surface area contributed by atoms with E-state index < -0.39 is 16.2 Å². The van der Waals surface area contributed by atoms with Crippen LogP contribution in [0.2, 0.25) is 0 Å². The Morgan fingerprint density at radius 2 is 1.91 bits per heavy atom. The Hall–Kier alpha value is -1.96. The Balaban J connectivity index is 0.00000146. The van der Waals surface area contributed by atoms with Crippen molar-refractivity contribution in [2.24, 2.45) is 0 Å². The molecular formula is C25H39F3N2O3S2. The average molecular weight is 537 g/mol. The minimum atomic E-state index is -4.00. The molecule has 200 valence electrons. The summed E-state index contributed by atoms with van der Waals surface area (Å²) in [6, 6.07) is 3.42. The van der Waals surface area contributed by atoms with Gasteiger partial charge in [-0.3, -0.25) is 4.72 Å². The van der Waals surface area contributed by atoms with E-state index >= 15 is 0 Å². The second-order valence-corrected chi connectivity index (χ2v) is 11.3. The topological polar surface area (TPSA) is 58.6 Å². The van der Waals surface area contributed by atoms with Crippen molar-refractivity contribution in [1.29, 1.82) is 0 Å². The number of rotatable bonds is 7. The molecule has 1 aliphatic rings. The fraction of sp³-hybridized carbons (Fsp3) is 0.600. The predicted octanol–water partition coefficient (Wildman–Crippen LogP) is 6.63. The molecule has 35 heavy (non-hydrogen) atoms. The quantitative estimate of drug-likeness (QED) is 0.241. The Morgan fingerprint density at radius 3 is 2.43 bits per heavy atom. The van der Waals surface area contributed by atoms with Gasteiger partial charge in [0.1, 0.15) is 16.1 Å². The highest BCUT2D eigenvalue weighted by molar-refractivity contribution is 7.91. The molecule has 2 heterocycles. The molecule has 1 saturated heterocycles. The summed E-state index contributed by atoms with van der Waals surface area (Å²) in [5, 5.41) is 0. The maximum absolute atomic E-state index is 12.6. The number of halogens is 3. The van der Waals surface area contributed by atoms with Gasteiger partial charge in [-0.2, -0.15) is 13.2 Å². The Kier molecular flexibility index (Phi) is 15.0. The highest BCUT2D eigenvalue weighted by Crippen LogP contribution is 2.23. The number of nitrogens with one attached hydrogen (secondary N) is 1. The predicted molar refractivity (Wildman–Crippen MR) is 139 cm³/mol. The smallest absolute Gasteiger partial charge is 0.386 e. The largest absolute Gasteiger partial charge is 0.489 e. The monoisotopic (exact) mass is 536 g/mol. The van der Waals surface area contributed by atoms with Crippen LogP contribution < -0.4 is 4.72 Å². The van der Waals surface area contributed by atoms with E-state index in [2.05, 4.69) is 22.6 Å². The second kappa shape index (κ2) is 15.9. The molecule has 1 aromatic rings. The first-order chi connectivity index (χ1) is 16.2. The molecule has 1 unspecified atom stereocenters. The molecule has 1 aromatic heterocycles. The fourth-order valence-corrected chi connectivity index (χ4v) is 5.48. The third-order valence-electron chi connectivity index (χ3n) is 4.54. The lowest BCUT2D eigenvalue weighted by atomic mass is 10.1. The summed E-state index contributed by atoms with van der Waals surface area (Å²) in [5.74, 6) is 3.30. The van der Waals surface area contributed by atoms with Crippen LogP contribution in [0.5, 0.6) is 0 Å². The number of hydrogen-bond donors (Lipinski definition) is 1. The van der Waals surface area contributed by atoms with Crippen molar-refractivity contribution in [1.82, 2.24) is 9.62 Å². The molecule has 2 rings (SSSR count). The van der Waals surface area contributed by atoms with Gasteiger partial charge in [-0.15, -0.1) is 23.7 Å². The molecule has 0 spiro atoms. The number of allylic oxidation sites excluding steroid dienone is 3. The van der Waals surface area contributed by atoms with Gasteiger partial charge in [-0.25, -0.2) is 8.42 Å². The molecule has 10 heteroatoms. The van der Waals surface area contributed by atoms with Gasteiger partial charge >= 0.3 is 6.18 Å². The van der Waals surface area contributed by atoms with Gasteiger partial charge in [0.25, 0.3) is 10.0 Å². The molecular weight excluding hydrogens is 497 g/mol. The Morgan fingerprint density at radius 1 is 1.31 bits per heavy atom. The fourth-order valence-electron chi connectivity index (χ4n) is 3.10. The van der Waals surface area contributed by atoms with Crippen molar-refractivity contribution in [2.75, 3.05) is 20.1 Å². The van der Waals surface area contributed by atoms with Crippen LogP contribution in [-0.2, 0) is 14.8 Å². The number of hydrogen-bond acceptors (Lipinski definition) is 5. The zero-order chi connectivity index (χ0) is 27.2. The van der Waals surface area contributed by atoms with Crippen LogP contribution in [0.25, 0.3) is 0 Å². The van der Waals surface area contributed by atoms with Crippen molar-refractivity contribution in [3.8, 4) is 12.3 Å². The summed E-state index contributed by atoms with van der Waals surface area (Å²) in [6.45, 7) is 11.6. The summed E-state index contributed by atoms with van der Waals surface area (Å²) in [6.07, 6.45) is 7.00. The number of ether oxygens (including phenoxy) is 1. The number of likely N-dealkylation sites (tertiary alicyclic amines) is 1. The van der Waals surface area contributed by atoms with E-state index in [1.165, 1.54) is 11.3 Å². The summed E-state index contributed by atoms with van der Waals surface area (Å²) < 4.78 is 65.4. The van der Waals surface area contributed by atoms with Crippen molar-refractivity contribution in [2.45, 2.75) is 83.7 Å². The first-order valence-corrected chi connectivity index (χ1v) is 13.8. The normalized spacial score (nSPS) is 18.0. The van der Waals surface area contributed by atoms with Gasteiger partial charge in [0, 0.05) is 30.5 Å². The minimum absolute atomic E-state index is 0.0656. The zero-order valence-electron chi connectivity index (χ0n) is 21.8. The highest BCUT2D eigenvalue weighted by atomic mass is 32.2. The van der Waals surface area contributed by atoms with Crippen LogP contribution in [0.1, 0.15) is 65.2 Å². The van der Waals surface area contributed by atoms with E-state index in [-0.39, 0.29) is 13.0 Å². The SMILES string of the molecule is C#CC/C(C)=C(\C=C(/C)NS(=O)(=O)c1ccc(C)s1)OC1CCCCN(C)C1.CC.CC(F)(F)F. The van der Waals surface area contributed by atoms with E-state index in [1.54, 1.807) is 25.1 Å². The number of nitrogens with zero attached hydrogens (tertiary/aromatic N) is 1. The molecule has 0 amide bonds. The Bertz CT molecular complexity index is 969. The molecule has 0 aromatic carbocycles. The highest BCUT2D eigenvalue weighted by Gasteiger charge is 2.20. The van der Waals surface area contributed by atoms with Gasteiger partial charge in [-0.05, 0) is 77.4 Å². The number of likely N-dealkylation sites (N-methyl/N-ethyl adjacent to an activating group) is 1. The number of alkyl halides is 3. The van der Waals surface area contributed by atoms with Gasteiger partial charge in [0.2, 0.25) is 0 Å². The molecule has 1 N–H and O–H groups in total. The van der Waals surface area contributed by atoms with Crippen LogP contribution in [0.4, 0.5) is 13.2 Å². The lowest BCUT2D eigenvalue weighted by molar-refractivity contribution is -0.110. The molecule has 5 nitrogen and oxygen atoms in total. The van der Waals surface area contributed by atoms with Crippen molar-refractivity contribution < 1.29 is 26.3 Å². The lowest BCUT2D eigenvalue weighted by Crippen LogP contribution is -2.29. The van der Waals surface area contributed by atoms with E-state index in [0.29, 0.717) is 22.1 Å².